The van der Waals surface area contributed by atoms with Crippen LogP contribution in [-0.4, -0.2) is 32.3 Å². The molecular weight excluding hydrogens is 386 g/mol. The molecule has 9 nitrogen and oxygen atoms in total. The van der Waals surface area contributed by atoms with Crippen molar-refractivity contribution in [2.24, 2.45) is 0 Å². The fourth-order valence-corrected chi connectivity index (χ4v) is 3.45. The number of benzene rings is 1. The van der Waals surface area contributed by atoms with Crippen molar-refractivity contribution >= 4 is 22.5 Å². The van der Waals surface area contributed by atoms with Crippen LogP contribution in [0.5, 0.6) is 11.5 Å². The Hall–Kier alpha value is -3.36. The molecule has 9 heteroatoms. The molecular formula is C21H25N5O4. The highest BCUT2D eigenvalue weighted by molar-refractivity contribution is 5.91. The smallest absolute Gasteiger partial charge is 0.293 e. The van der Waals surface area contributed by atoms with Crippen molar-refractivity contribution in [2.45, 2.75) is 52.6 Å². The lowest BCUT2D eigenvalue weighted by Crippen LogP contribution is -2.34. The van der Waals surface area contributed by atoms with Gasteiger partial charge in [0.15, 0.2) is 11.5 Å². The van der Waals surface area contributed by atoms with E-state index in [1.807, 2.05) is 34.6 Å². The van der Waals surface area contributed by atoms with Crippen molar-refractivity contribution in [3.05, 3.63) is 40.4 Å². The fraction of sp³-hybridized carbons (Fsp3) is 0.429. The molecule has 1 N–H and O–H groups in total. The van der Waals surface area contributed by atoms with Crippen molar-refractivity contribution in [3.8, 4) is 11.5 Å². The quantitative estimate of drug-likeness (QED) is 0.709. The topological polar surface area (TPSA) is 100 Å². The van der Waals surface area contributed by atoms with Crippen LogP contribution in [0.3, 0.4) is 0 Å². The SMILES string of the molecule is CC(C)c1nn(CC(=O)Nc2ccc3c(c2)OCO3)c(=O)c2c1cnn2C(C)(C)C. The van der Waals surface area contributed by atoms with Crippen LogP contribution >= 0.6 is 0 Å². The summed E-state index contributed by atoms with van der Waals surface area (Å²) in [6.07, 6.45) is 1.68. The number of aromatic nitrogens is 4. The van der Waals surface area contributed by atoms with Crippen LogP contribution in [0.15, 0.2) is 29.2 Å². The summed E-state index contributed by atoms with van der Waals surface area (Å²) in [6.45, 7) is 9.88. The van der Waals surface area contributed by atoms with E-state index in [9.17, 15) is 9.59 Å². The first-order chi connectivity index (χ1) is 14.1. The van der Waals surface area contributed by atoms with Crippen LogP contribution in [0, 0.1) is 0 Å². The molecule has 0 spiro atoms. The molecule has 0 unspecified atom stereocenters. The lowest BCUT2D eigenvalue weighted by atomic mass is 10.1. The minimum absolute atomic E-state index is 0.0638. The maximum absolute atomic E-state index is 13.2. The molecule has 1 amide bonds. The van der Waals surface area contributed by atoms with E-state index >= 15 is 0 Å². The Morgan fingerprint density at radius 1 is 1.23 bits per heavy atom. The molecule has 158 valence electrons. The summed E-state index contributed by atoms with van der Waals surface area (Å²) >= 11 is 0. The van der Waals surface area contributed by atoms with Gasteiger partial charge in [0.25, 0.3) is 5.56 Å². The molecule has 4 rings (SSSR count). The summed E-state index contributed by atoms with van der Waals surface area (Å²) in [5.41, 5.74) is 1.02. The van der Waals surface area contributed by atoms with Crippen molar-refractivity contribution in [2.75, 3.05) is 12.1 Å². The number of nitrogens with zero attached hydrogens (tertiary/aromatic N) is 4. The van der Waals surface area contributed by atoms with Gasteiger partial charge in [-0.25, -0.2) is 4.68 Å². The maximum Gasteiger partial charge on any atom is 0.293 e. The van der Waals surface area contributed by atoms with E-state index in [2.05, 4.69) is 15.5 Å². The molecule has 0 bridgehead atoms. The molecule has 2 aromatic heterocycles. The molecule has 1 aliphatic rings. The molecule has 30 heavy (non-hydrogen) atoms. The van der Waals surface area contributed by atoms with Gasteiger partial charge >= 0.3 is 0 Å². The second kappa shape index (κ2) is 7.16. The largest absolute Gasteiger partial charge is 0.454 e. The van der Waals surface area contributed by atoms with Gasteiger partial charge in [-0.15, -0.1) is 0 Å². The third-order valence-corrected chi connectivity index (χ3v) is 4.84. The van der Waals surface area contributed by atoms with E-state index < -0.39 is 0 Å². The Kier molecular flexibility index (Phi) is 4.76. The van der Waals surface area contributed by atoms with Crippen LogP contribution < -0.4 is 20.3 Å². The number of anilines is 1. The lowest BCUT2D eigenvalue weighted by Gasteiger charge is -2.21. The monoisotopic (exact) mass is 411 g/mol. The summed E-state index contributed by atoms with van der Waals surface area (Å²) in [5.74, 6) is 0.905. The van der Waals surface area contributed by atoms with Crippen molar-refractivity contribution in [1.82, 2.24) is 19.6 Å². The lowest BCUT2D eigenvalue weighted by molar-refractivity contribution is -0.117. The fourth-order valence-electron chi connectivity index (χ4n) is 3.45. The van der Waals surface area contributed by atoms with Crippen molar-refractivity contribution in [3.63, 3.8) is 0 Å². The summed E-state index contributed by atoms with van der Waals surface area (Å²) in [6, 6.07) is 5.14. The van der Waals surface area contributed by atoms with Crippen LogP contribution in [0.2, 0.25) is 0 Å². The maximum atomic E-state index is 13.2. The Balaban J connectivity index is 1.69. The number of rotatable bonds is 4. The van der Waals surface area contributed by atoms with Gasteiger partial charge < -0.3 is 14.8 Å². The molecule has 3 aromatic rings. The van der Waals surface area contributed by atoms with Gasteiger partial charge in [0.2, 0.25) is 12.7 Å². The molecule has 0 saturated carbocycles. The summed E-state index contributed by atoms with van der Waals surface area (Å²) < 4.78 is 13.5. The average Bonchev–Trinajstić information content (AvgIpc) is 3.30. The van der Waals surface area contributed by atoms with Gasteiger partial charge in [0, 0.05) is 17.1 Å². The number of ether oxygens (including phenoxy) is 2. The van der Waals surface area contributed by atoms with Crippen LogP contribution in [-0.2, 0) is 16.9 Å². The number of carbonyl (C=O) groups is 1. The zero-order valence-electron chi connectivity index (χ0n) is 17.7. The van der Waals surface area contributed by atoms with Gasteiger partial charge in [0.1, 0.15) is 12.1 Å². The first kappa shape index (κ1) is 19.9. The van der Waals surface area contributed by atoms with E-state index in [0.29, 0.717) is 22.7 Å². The van der Waals surface area contributed by atoms with E-state index in [1.54, 1.807) is 29.1 Å². The molecule has 3 heterocycles. The highest BCUT2D eigenvalue weighted by atomic mass is 16.7. The Bertz CT molecular complexity index is 1190. The van der Waals surface area contributed by atoms with E-state index in [1.165, 1.54) is 4.68 Å². The zero-order valence-corrected chi connectivity index (χ0v) is 17.7. The van der Waals surface area contributed by atoms with E-state index in [-0.39, 0.29) is 36.3 Å². The van der Waals surface area contributed by atoms with Gasteiger partial charge in [-0.2, -0.15) is 10.2 Å². The van der Waals surface area contributed by atoms with E-state index in [4.69, 9.17) is 9.47 Å². The molecule has 0 saturated heterocycles. The Morgan fingerprint density at radius 3 is 2.67 bits per heavy atom. The minimum atomic E-state index is -0.386. The minimum Gasteiger partial charge on any atom is -0.454 e. The molecule has 0 fully saturated rings. The normalized spacial score (nSPS) is 13.3. The third kappa shape index (κ3) is 3.51. The van der Waals surface area contributed by atoms with Crippen molar-refractivity contribution in [1.29, 1.82) is 0 Å². The first-order valence-corrected chi connectivity index (χ1v) is 9.84. The van der Waals surface area contributed by atoms with E-state index in [0.717, 1.165) is 11.1 Å². The average molecular weight is 411 g/mol. The second-order valence-corrected chi connectivity index (χ2v) is 8.61. The Morgan fingerprint density at radius 2 is 1.97 bits per heavy atom. The number of nitrogens with one attached hydrogen (secondary N) is 1. The highest BCUT2D eigenvalue weighted by Gasteiger charge is 2.24. The van der Waals surface area contributed by atoms with Gasteiger partial charge in [-0.05, 0) is 38.8 Å². The summed E-state index contributed by atoms with van der Waals surface area (Å²) in [5, 5.41) is 12.4. The zero-order chi connectivity index (χ0) is 21.6. The number of fused-ring (bicyclic) bond motifs is 2. The van der Waals surface area contributed by atoms with Crippen molar-refractivity contribution < 1.29 is 14.3 Å². The standard InChI is InChI=1S/C21H25N5O4/c1-12(2)18-14-9-22-26(21(3,4)5)19(14)20(28)25(24-18)10-17(27)23-13-6-7-15-16(8-13)30-11-29-15/h6-9,12H,10-11H2,1-5H3,(H,23,27). The Labute approximate surface area is 173 Å². The van der Waals surface area contributed by atoms with Gasteiger partial charge in [-0.1, -0.05) is 13.8 Å². The molecule has 0 aliphatic carbocycles. The highest BCUT2D eigenvalue weighted by Crippen LogP contribution is 2.34. The first-order valence-electron chi connectivity index (χ1n) is 9.84. The van der Waals surface area contributed by atoms with Gasteiger partial charge in [0.05, 0.1) is 17.4 Å². The number of carbonyl (C=O) groups excluding carboxylic acids is 1. The third-order valence-electron chi connectivity index (χ3n) is 4.84. The van der Waals surface area contributed by atoms with Crippen LogP contribution in [0.25, 0.3) is 10.9 Å². The predicted octanol–water partition coefficient (Wildman–Crippen LogP) is 2.84. The van der Waals surface area contributed by atoms with Crippen LogP contribution in [0.4, 0.5) is 5.69 Å². The number of hydrogen-bond acceptors (Lipinski definition) is 6. The predicted molar refractivity (Wildman–Crippen MR) is 112 cm³/mol. The number of amides is 1. The number of hydrogen-bond donors (Lipinski definition) is 1. The molecule has 0 atom stereocenters. The molecule has 1 aromatic carbocycles. The summed E-state index contributed by atoms with van der Waals surface area (Å²) in [7, 11) is 0. The second-order valence-electron chi connectivity index (χ2n) is 8.61. The molecule has 1 aliphatic heterocycles. The van der Waals surface area contributed by atoms with Gasteiger partial charge in [-0.3, -0.25) is 14.3 Å². The van der Waals surface area contributed by atoms with Crippen LogP contribution in [0.1, 0.15) is 46.2 Å². The molecule has 0 radical (unpaired) electrons. The summed E-state index contributed by atoms with van der Waals surface area (Å²) in [4.78, 5) is 25.9.